The number of para-hydroxylation sites is 1. The third-order valence-corrected chi connectivity index (χ3v) is 22.5. The smallest absolute Gasteiger partial charge is 0.239 e. The number of nitrogens with two attached hydrogens (primary N) is 10. The van der Waals surface area contributed by atoms with Gasteiger partial charge in [-0.2, -0.15) is 0 Å². The monoisotopic (exact) mass is 1940 g/mol. The highest BCUT2D eigenvalue weighted by molar-refractivity contribution is 6.01. The van der Waals surface area contributed by atoms with Crippen LogP contribution in [0.4, 0.5) is 0 Å². The van der Waals surface area contributed by atoms with Gasteiger partial charge in [0.05, 0.1) is 48.8 Å². The number of aromatic nitrogens is 1. The molecule has 0 saturated heterocycles. The molecule has 0 bridgehead atoms. The van der Waals surface area contributed by atoms with Crippen LogP contribution in [0.5, 0.6) is 0 Å². The lowest BCUT2D eigenvalue weighted by atomic mass is 9.88. The summed E-state index contributed by atoms with van der Waals surface area (Å²) >= 11 is 0. The number of primary amides is 1. The molecule has 138 heavy (non-hydrogen) atoms. The number of H-pyrrole nitrogens is 1. The van der Waals surface area contributed by atoms with Gasteiger partial charge in [0, 0.05) is 151 Å². The second kappa shape index (κ2) is 65.6. The van der Waals surface area contributed by atoms with Crippen molar-refractivity contribution in [2.24, 2.45) is 105 Å². The molecule has 0 aliphatic carbocycles. The van der Waals surface area contributed by atoms with Gasteiger partial charge in [-0.05, 0) is 153 Å². The van der Waals surface area contributed by atoms with E-state index in [0.717, 1.165) is 10.9 Å². The number of hydrogen-bond acceptors (Lipinski definition) is 24. The lowest BCUT2D eigenvalue weighted by molar-refractivity contribution is -0.137. The molecule has 0 aliphatic heterocycles. The number of aliphatic hydroxyl groups excluding tert-OH is 1. The molecule has 772 valence electrons. The topological polar surface area (TPSA) is 942 Å². The van der Waals surface area contributed by atoms with Crippen molar-refractivity contribution in [1.29, 1.82) is 48.7 Å². The van der Waals surface area contributed by atoms with E-state index in [4.69, 9.17) is 107 Å². The third kappa shape index (κ3) is 51.0. The van der Waals surface area contributed by atoms with Crippen LogP contribution in [0.1, 0.15) is 202 Å². The summed E-state index contributed by atoms with van der Waals surface area (Å²) < 4.78 is 7.80. The lowest BCUT2D eigenvalue weighted by Crippen LogP contribution is -2.50. The van der Waals surface area contributed by atoms with E-state index in [-0.39, 0.29) is 205 Å². The van der Waals surface area contributed by atoms with E-state index >= 15 is 24.0 Å². The Hall–Kier alpha value is -14.1. The zero-order valence-corrected chi connectivity index (χ0v) is 79.6. The summed E-state index contributed by atoms with van der Waals surface area (Å²) in [6.45, 7) is 5.40. The highest BCUT2D eigenvalue weighted by atomic mass is 16.3. The Morgan fingerprint density at radius 2 is 0.565 bits per heavy atom. The van der Waals surface area contributed by atoms with E-state index < -0.39 is 259 Å². The summed E-state index contributed by atoms with van der Waals surface area (Å²) in [5.41, 5.74) is 57.3. The molecule has 1 aromatic carbocycles. The normalized spacial score (nSPS) is 14.0. The van der Waals surface area contributed by atoms with Crippen LogP contribution >= 0.6 is 0 Å². The van der Waals surface area contributed by atoms with E-state index in [1.54, 1.807) is 26.1 Å². The highest BCUT2D eigenvalue weighted by Gasteiger charge is 2.39. The maximum Gasteiger partial charge on any atom is 0.239 e. The largest absolute Gasteiger partial charge is 0.396 e. The number of ketones is 6. The van der Waals surface area contributed by atoms with Crippen molar-refractivity contribution in [2.75, 3.05) is 65.5 Å². The van der Waals surface area contributed by atoms with Crippen LogP contribution in [0.15, 0.2) is 30.5 Å². The van der Waals surface area contributed by atoms with E-state index in [1.165, 1.54) is 0 Å². The van der Waals surface area contributed by atoms with Crippen LogP contribution in [0.2, 0.25) is 0 Å². The number of rotatable bonds is 74. The predicted octanol–water partition coefficient (Wildman–Crippen LogP) is -4.87. The number of guanidine groups is 9. The molecule has 13 atom stereocenters. The molecular weight excluding hydrogens is 1790 g/mol. The molecule has 0 saturated carbocycles. The van der Waals surface area contributed by atoms with Crippen LogP contribution in [0, 0.1) is 96.0 Å². The Bertz CT molecular complexity index is 4460. The summed E-state index contributed by atoms with van der Waals surface area (Å²) in [6, 6.07) is -2.55. The number of aliphatic hydroxyl groups is 1. The van der Waals surface area contributed by atoms with Crippen LogP contribution in [0.25, 0.3) is 10.9 Å². The molecule has 1 heterocycles. The Kier molecular flexibility index (Phi) is 56.1. The quantitative estimate of drug-likeness (QED) is 0.0168. The zero-order chi connectivity index (χ0) is 104. The minimum Gasteiger partial charge on any atom is -0.396 e. The minimum absolute atomic E-state index is 0.00201. The summed E-state index contributed by atoms with van der Waals surface area (Å²) in [4.78, 5) is 207. The number of aromatic amines is 1. The number of hydrogen-bond donors (Lipinski definition) is 37. The van der Waals surface area contributed by atoms with Crippen LogP contribution in [0.3, 0.4) is 0 Å². The third-order valence-electron chi connectivity index (χ3n) is 22.5. The van der Waals surface area contributed by atoms with E-state index in [0.29, 0.717) is 5.56 Å². The fourth-order valence-electron chi connectivity index (χ4n) is 15.1. The Morgan fingerprint density at radius 1 is 0.326 bits per heavy atom. The van der Waals surface area contributed by atoms with Gasteiger partial charge in [0.25, 0.3) is 0 Å². The van der Waals surface area contributed by atoms with Gasteiger partial charge in [0.2, 0.25) is 47.3 Å². The van der Waals surface area contributed by atoms with Gasteiger partial charge >= 0.3 is 0 Å². The van der Waals surface area contributed by atoms with Gasteiger partial charge < -0.3 is 152 Å². The lowest BCUT2D eigenvalue weighted by Gasteiger charge is -2.27. The van der Waals surface area contributed by atoms with Gasteiger partial charge in [-0.3, -0.25) is 116 Å². The van der Waals surface area contributed by atoms with Crippen molar-refractivity contribution in [2.45, 2.75) is 244 Å². The minimum atomic E-state index is -1.63. The molecular formula is C87H154N36O15. The second-order valence-corrected chi connectivity index (χ2v) is 34.9. The van der Waals surface area contributed by atoms with Crippen LogP contribution in [-0.2, 0) is 73.5 Å². The fourth-order valence-corrected chi connectivity index (χ4v) is 15.1. The number of amides is 8. The first-order valence-electron chi connectivity index (χ1n) is 47.1. The number of benzene rings is 1. The van der Waals surface area contributed by atoms with Crippen LogP contribution in [-0.4, -0.2) is 253 Å². The molecule has 0 aliphatic rings. The van der Waals surface area contributed by atoms with Gasteiger partial charge in [0.1, 0.15) is 6.04 Å². The first-order chi connectivity index (χ1) is 65.7. The van der Waals surface area contributed by atoms with Crippen LogP contribution < -0.4 is 142 Å². The number of Topliss-reactive ketones (excluding diaryl/α,β-unsaturated/α-hetero) is 6. The molecule has 0 spiro atoms. The average Bonchev–Trinajstić information content (AvgIpc) is 1.69. The van der Waals surface area contributed by atoms with Crippen molar-refractivity contribution in [3.63, 3.8) is 0 Å². The van der Waals surface area contributed by atoms with Crippen molar-refractivity contribution >= 4 is 146 Å². The van der Waals surface area contributed by atoms with Crippen molar-refractivity contribution in [3.05, 3.63) is 36.0 Å². The summed E-state index contributed by atoms with van der Waals surface area (Å²) in [5.74, 6) is -23.5. The van der Waals surface area contributed by atoms with Crippen molar-refractivity contribution in [1.82, 2.24) is 90.1 Å². The van der Waals surface area contributed by atoms with Crippen molar-refractivity contribution in [3.8, 4) is 0 Å². The maximum atomic E-state index is 15.3. The second-order valence-electron chi connectivity index (χ2n) is 34.9. The van der Waals surface area contributed by atoms with E-state index in [2.05, 4.69) is 90.1 Å². The zero-order valence-electron chi connectivity index (χ0n) is 80.6. The summed E-state index contributed by atoms with van der Waals surface area (Å²) in [7, 11) is 0. The maximum absolute atomic E-state index is 15.3. The van der Waals surface area contributed by atoms with Gasteiger partial charge in [-0.25, -0.2) is 0 Å². The molecule has 1 unspecified atom stereocenters. The average molecular weight is 1950 g/mol. The SMILES string of the molecule is [2H]C[C@@H](NC(=O)[C@@H](CCCNC(=N)N)CC(=O)[C@@H](CCCNC(=N)N)NC(=O)[C@@H](CCCNC(=N)N)CC(=O)[C@@H](CCCNC(=N)N)NC(=O)[C@@H](CCCNC(=N)N)CC(=O)[C@@H](CCCNC(=N)N)NC(=O)[C@@H](CCCNC(=N)N)CC(=O)[C@@H](CCCNC(=N)N)NC(=O)[C@H](CO)CC(=O)[C@H](CCCNC(=N)N)NC(=O)[C@@H](CC(=O)C(CC(C)C)NC(=O)C(C)C)Cc1c[nH]c2ccccc12)C(N)=O. The molecule has 0 radical (unpaired) electrons. The van der Waals surface area contributed by atoms with Crippen molar-refractivity contribution < 1.29 is 73.6 Å². The standard InChI is InChI=1S/C87H154N36O15/c1-47(2)37-64(123-72(132)48(3)4)70(130)43-54(38-55-45-116-58-22-7-6-21-57(55)58)77(137)121-63(27-16-36-115-87(105)106)69(129)44-56(46-124)78(138)122-62(26-15-35-114-86(103)104)68(128)42-53(20-11-31-110-82(95)96)76(136)120-61(25-14-34-113-85(101)102)67(127)41-52(19-10-30-109-81(93)94)75(135)119-60(24-13-33-112-84(99)100)66(126)40-51(18-9-29-108-80(91)92)74(134)118-59(23-12-32-111-83(97)98)65(125)39-50(17-8-28-107-79(89)90)73(133)117-49(5)71(88)131/h6-7,21-22,45,47-54,56,59-64,116,124H,8-20,23-44,46H2,1-5H3,(H2,88,131)(H,117,133)(H,118,134)(H,119,135)(H,120,136)(H,121,137)(H,122,138)(H,123,132)(H4,89,90,107)(H4,91,92,108)(H4,93,94,109)(H4,95,96,110)(H4,97,98,111)(H4,99,100,112)(H4,101,102,113)(H4,103,104,114)(H4,105,106,115)/t49-,50+,51+,52+,53+,54-,56+,59-,60-,61-,62-,63+,64?/m1/s1/i5D. The molecule has 8 amide bonds. The van der Waals surface area contributed by atoms with Gasteiger partial charge in [-0.1, -0.05) is 45.9 Å². The molecule has 51 nitrogen and oxygen atoms in total. The predicted molar refractivity (Wildman–Crippen MR) is 523 cm³/mol. The number of carbonyl (C=O) groups is 14. The summed E-state index contributed by atoms with van der Waals surface area (Å²) in [5, 5.41) is 124. The molecule has 0 fully saturated rings. The van der Waals surface area contributed by atoms with E-state index in [9.17, 15) is 48.3 Å². The number of nitrogens with one attached hydrogen (secondary N) is 26. The molecule has 2 aromatic rings. The van der Waals surface area contributed by atoms with Gasteiger partial charge in [-0.15, -0.1) is 0 Å². The fraction of sp³-hybridized carbons (Fsp3) is 0.644. The Balaban J connectivity index is 2.87. The first kappa shape index (κ1) is 118. The highest BCUT2D eigenvalue weighted by Crippen LogP contribution is 2.27. The molecule has 47 N–H and O–H groups in total. The number of fused-ring (bicyclic) bond motifs is 1. The first-order valence-corrected chi connectivity index (χ1v) is 46.4. The molecule has 1 aromatic heterocycles. The molecule has 2 rings (SSSR count). The molecule has 51 heteroatoms. The summed E-state index contributed by atoms with van der Waals surface area (Å²) in [6.07, 6.45) is -2.76. The number of carbonyl (C=O) groups excluding carboxylic acids is 14. The Labute approximate surface area is 805 Å². The van der Waals surface area contributed by atoms with Gasteiger partial charge in [0.15, 0.2) is 88.3 Å². The Morgan fingerprint density at radius 3 is 0.826 bits per heavy atom. The van der Waals surface area contributed by atoms with E-state index in [1.807, 2.05) is 32.0 Å².